The number of fused-ring (bicyclic) bond motifs is 1. The molecule has 0 radical (unpaired) electrons. The van der Waals surface area contributed by atoms with Crippen molar-refractivity contribution in [3.8, 4) is 0 Å². The molecule has 0 bridgehead atoms. The Bertz CT molecular complexity index is 783. The van der Waals surface area contributed by atoms with Crippen LogP contribution in [0.4, 0.5) is 0 Å². The number of rotatable bonds is 8. The van der Waals surface area contributed by atoms with Gasteiger partial charge in [-0.05, 0) is 60.8 Å². The first-order valence-corrected chi connectivity index (χ1v) is 10.5. The van der Waals surface area contributed by atoms with Crippen molar-refractivity contribution in [2.24, 2.45) is 11.3 Å². The largest absolute Gasteiger partial charge is 0.481 e. The Labute approximate surface area is 167 Å². The van der Waals surface area contributed by atoms with Gasteiger partial charge < -0.3 is 20.1 Å². The first-order valence-electron chi connectivity index (χ1n) is 10.5. The number of hydrogen-bond acceptors (Lipinski definition) is 3. The lowest BCUT2D eigenvalue weighted by molar-refractivity contribution is -0.136. The third-order valence-electron chi connectivity index (χ3n) is 5.96. The van der Waals surface area contributed by atoms with E-state index in [-0.39, 0.29) is 6.42 Å². The topological polar surface area (TPSA) is 74.3 Å². The van der Waals surface area contributed by atoms with Crippen LogP contribution in [0.2, 0.25) is 0 Å². The van der Waals surface area contributed by atoms with E-state index in [0.717, 1.165) is 17.1 Å². The highest BCUT2D eigenvalue weighted by Crippen LogP contribution is 2.38. The van der Waals surface area contributed by atoms with Gasteiger partial charge in [-0.3, -0.25) is 4.79 Å². The molecule has 5 nitrogen and oxygen atoms in total. The van der Waals surface area contributed by atoms with Gasteiger partial charge in [-0.2, -0.15) is 0 Å². The van der Waals surface area contributed by atoms with E-state index >= 15 is 0 Å². The molecule has 28 heavy (non-hydrogen) atoms. The van der Waals surface area contributed by atoms with Crippen LogP contribution in [0.5, 0.6) is 0 Å². The minimum Gasteiger partial charge on any atom is -0.481 e. The molecule has 1 heterocycles. The van der Waals surface area contributed by atoms with Gasteiger partial charge >= 0.3 is 5.97 Å². The van der Waals surface area contributed by atoms with Crippen LogP contribution >= 0.6 is 0 Å². The Morgan fingerprint density at radius 3 is 2.64 bits per heavy atom. The summed E-state index contributed by atoms with van der Waals surface area (Å²) in [6.07, 6.45) is 5.39. The molecule has 1 aliphatic rings. The number of carbonyl (C=O) groups is 1. The second-order valence-electron chi connectivity index (χ2n) is 9.19. The maximum Gasteiger partial charge on any atom is 0.304 e. The minimum absolute atomic E-state index is 0.138. The molecule has 1 aliphatic carbocycles. The molecule has 1 fully saturated rings. The van der Waals surface area contributed by atoms with E-state index in [9.17, 15) is 4.79 Å². The fourth-order valence-corrected chi connectivity index (χ4v) is 4.16. The smallest absolute Gasteiger partial charge is 0.304 e. The summed E-state index contributed by atoms with van der Waals surface area (Å²) in [5, 5.41) is 13.0. The Hall–Kier alpha value is -1.85. The molecule has 0 unspecified atom stereocenters. The van der Waals surface area contributed by atoms with E-state index < -0.39 is 5.97 Å². The average molecular weight is 387 g/mol. The fraction of sp³-hybridized carbons (Fsp3) is 0.609. The third kappa shape index (κ3) is 5.82. The molecule has 1 aromatic carbocycles. The van der Waals surface area contributed by atoms with Crippen molar-refractivity contribution >= 4 is 16.9 Å². The van der Waals surface area contributed by atoms with Crippen molar-refractivity contribution in [1.29, 1.82) is 0 Å². The van der Waals surface area contributed by atoms with Crippen LogP contribution < -0.4 is 5.32 Å². The highest BCUT2D eigenvalue weighted by molar-refractivity contribution is 5.81. The SMILES string of the molecule is CC(C)(C)C1CCC(OCc2ccc3[nH]c(CNCCC(=O)O)cc3c2)CC1. The zero-order valence-electron chi connectivity index (χ0n) is 17.4. The molecular formula is C23H34N2O3. The molecule has 1 aromatic heterocycles. The molecule has 0 saturated heterocycles. The summed E-state index contributed by atoms with van der Waals surface area (Å²) in [6, 6.07) is 8.54. The van der Waals surface area contributed by atoms with Crippen LogP contribution in [0.3, 0.4) is 0 Å². The molecule has 1 saturated carbocycles. The summed E-state index contributed by atoms with van der Waals surface area (Å²) in [5.41, 5.74) is 3.78. The standard InChI is InChI=1S/C23H34N2O3/c1-23(2,3)18-5-7-20(8-6-18)28-15-16-4-9-21-17(12-16)13-19(25-21)14-24-11-10-22(26)27/h4,9,12-13,18,20,24-25H,5-8,10-11,14-15H2,1-3H3,(H,26,27). The predicted octanol–water partition coefficient (Wildman–Crippen LogP) is 4.85. The molecular weight excluding hydrogens is 352 g/mol. The number of aromatic amines is 1. The van der Waals surface area contributed by atoms with E-state index in [2.05, 4.69) is 55.3 Å². The summed E-state index contributed by atoms with van der Waals surface area (Å²) in [7, 11) is 0. The van der Waals surface area contributed by atoms with Crippen LogP contribution in [0.25, 0.3) is 10.9 Å². The quantitative estimate of drug-likeness (QED) is 0.567. The number of aromatic nitrogens is 1. The van der Waals surface area contributed by atoms with Crippen LogP contribution in [0, 0.1) is 11.3 Å². The van der Waals surface area contributed by atoms with Crippen molar-refractivity contribution in [2.75, 3.05) is 6.54 Å². The van der Waals surface area contributed by atoms with E-state index in [1.165, 1.54) is 36.6 Å². The summed E-state index contributed by atoms with van der Waals surface area (Å²) in [4.78, 5) is 13.9. The summed E-state index contributed by atoms with van der Waals surface area (Å²) >= 11 is 0. The second kappa shape index (κ2) is 9.10. The number of H-pyrrole nitrogens is 1. The molecule has 5 heteroatoms. The van der Waals surface area contributed by atoms with Gasteiger partial charge in [0.05, 0.1) is 19.1 Å². The molecule has 3 N–H and O–H groups in total. The highest BCUT2D eigenvalue weighted by Gasteiger charge is 2.29. The molecule has 0 amide bonds. The molecule has 0 spiro atoms. The lowest BCUT2D eigenvalue weighted by Crippen LogP contribution is -2.29. The minimum atomic E-state index is -0.777. The lowest BCUT2D eigenvalue weighted by Gasteiger charge is -2.36. The maximum atomic E-state index is 10.6. The molecule has 154 valence electrons. The van der Waals surface area contributed by atoms with Crippen molar-refractivity contribution in [1.82, 2.24) is 10.3 Å². The Balaban J connectivity index is 1.48. The highest BCUT2D eigenvalue weighted by atomic mass is 16.5. The van der Waals surface area contributed by atoms with Gasteiger partial charge in [0.1, 0.15) is 0 Å². The first-order chi connectivity index (χ1) is 13.3. The van der Waals surface area contributed by atoms with Gasteiger partial charge in [0.25, 0.3) is 0 Å². The summed E-state index contributed by atoms with van der Waals surface area (Å²) < 4.78 is 6.21. The number of benzene rings is 1. The van der Waals surface area contributed by atoms with Crippen LogP contribution in [0.1, 0.15) is 64.1 Å². The molecule has 2 aromatic rings. The van der Waals surface area contributed by atoms with Gasteiger partial charge in [-0.1, -0.05) is 26.8 Å². The van der Waals surface area contributed by atoms with Crippen molar-refractivity contribution in [3.05, 3.63) is 35.5 Å². The number of nitrogens with one attached hydrogen (secondary N) is 2. The number of carboxylic acid groups (broad SMARTS) is 1. The number of carboxylic acids is 1. The van der Waals surface area contributed by atoms with Gasteiger partial charge in [0.15, 0.2) is 0 Å². The summed E-state index contributed by atoms with van der Waals surface area (Å²) in [6.45, 7) is 8.83. The fourth-order valence-electron chi connectivity index (χ4n) is 4.16. The Morgan fingerprint density at radius 2 is 1.96 bits per heavy atom. The van der Waals surface area contributed by atoms with E-state index in [0.29, 0.717) is 31.2 Å². The Morgan fingerprint density at radius 1 is 1.21 bits per heavy atom. The normalized spacial score (nSPS) is 20.5. The van der Waals surface area contributed by atoms with Crippen molar-refractivity contribution < 1.29 is 14.6 Å². The predicted molar refractivity (Wildman–Crippen MR) is 112 cm³/mol. The van der Waals surface area contributed by atoms with E-state index in [1.807, 2.05) is 0 Å². The zero-order chi connectivity index (χ0) is 20.1. The first kappa shape index (κ1) is 20.9. The molecule has 3 rings (SSSR count). The zero-order valence-corrected chi connectivity index (χ0v) is 17.4. The van der Waals surface area contributed by atoms with E-state index in [1.54, 1.807) is 0 Å². The number of ether oxygens (including phenoxy) is 1. The van der Waals surface area contributed by atoms with Crippen LogP contribution in [-0.4, -0.2) is 28.7 Å². The van der Waals surface area contributed by atoms with Gasteiger partial charge in [-0.25, -0.2) is 0 Å². The van der Waals surface area contributed by atoms with Crippen molar-refractivity contribution in [3.63, 3.8) is 0 Å². The summed E-state index contributed by atoms with van der Waals surface area (Å²) in [5.74, 6) is 0.0340. The monoisotopic (exact) mass is 386 g/mol. The average Bonchev–Trinajstić information content (AvgIpc) is 3.05. The number of hydrogen-bond donors (Lipinski definition) is 3. The van der Waals surface area contributed by atoms with Crippen LogP contribution in [0.15, 0.2) is 24.3 Å². The third-order valence-corrected chi connectivity index (χ3v) is 5.96. The van der Waals surface area contributed by atoms with Crippen LogP contribution in [-0.2, 0) is 22.7 Å². The lowest BCUT2D eigenvalue weighted by atomic mass is 9.72. The molecule has 0 atom stereocenters. The maximum absolute atomic E-state index is 10.6. The van der Waals surface area contributed by atoms with Gasteiger partial charge in [0, 0.05) is 29.7 Å². The number of aliphatic carboxylic acids is 1. The Kier molecular flexibility index (Phi) is 6.78. The van der Waals surface area contributed by atoms with Gasteiger partial charge in [-0.15, -0.1) is 0 Å². The van der Waals surface area contributed by atoms with E-state index in [4.69, 9.17) is 9.84 Å². The van der Waals surface area contributed by atoms with Gasteiger partial charge in [0.2, 0.25) is 0 Å². The molecule has 0 aliphatic heterocycles. The van der Waals surface area contributed by atoms with Crippen molar-refractivity contribution in [2.45, 2.75) is 72.1 Å². The second-order valence-corrected chi connectivity index (χ2v) is 9.19.